The minimum atomic E-state index is -1.87. The molecule has 0 saturated carbocycles. The van der Waals surface area contributed by atoms with E-state index in [4.69, 9.17) is 33.2 Å². The van der Waals surface area contributed by atoms with Crippen molar-refractivity contribution in [2.75, 3.05) is 19.8 Å². The summed E-state index contributed by atoms with van der Waals surface area (Å²) < 4.78 is 38.1. The number of aliphatic hydroxyl groups excluding tert-OH is 11. The molecule has 4 aliphatic rings. The molecule has 0 aromatic carbocycles. The Morgan fingerprint density at radius 1 is 0.575 bits per heavy atom. The van der Waals surface area contributed by atoms with E-state index in [1.165, 1.54) is 6.92 Å². The third-order valence-electron chi connectivity index (χ3n) is 7.41. The van der Waals surface area contributed by atoms with Gasteiger partial charge in [0.25, 0.3) is 0 Å². The fourth-order valence-corrected chi connectivity index (χ4v) is 4.87. The largest absolute Gasteiger partial charge is 0.394 e. The summed E-state index contributed by atoms with van der Waals surface area (Å²) in [6.45, 7) is -0.244. The van der Waals surface area contributed by atoms with E-state index >= 15 is 0 Å². The summed E-state index contributed by atoms with van der Waals surface area (Å²) >= 11 is 0. The average molecular weight is 591 g/mol. The van der Waals surface area contributed by atoms with E-state index in [9.17, 15) is 56.2 Å². The molecule has 234 valence electrons. The summed E-state index contributed by atoms with van der Waals surface area (Å²) in [4.78, 5) is 0. The van der Waals surface area contributed by atoms with Crippen LogP contribution in [0.1, 0.15) is 6.92 Å². The summed E-state index contributed by atoms with van der Waals surface area (Å²) in [7, 11) is 0. The highest BCUT2D eigenvalue weighted by atomic mass is 16.8. The van der Waals surface area contributed by atoms with Gasteiger partial charge in [-0.05, 0) is 6.92 Å². The number of hydrogen-bond acceptors (Lipinski definition) is 18. The van der Waals surface area contributed by atoms with Gasteiger partial charge in [-0.1, -0.05) is 0 Å². The first-order valence-electron chi connectivity index (χ1n) is 12.8. The zero-order valence-electron chi connectivity index (χ0n) is 21.3. The van der Waals surface area contributed by atoms with Crippen molar-refractivity contribution >= 4 is 0 Å². The molecule has 4 saturated heterocycles. The number of rotatable bonds is 7. The quantitative estimate of drug-likeness (QED) is 0.131. The molecule has 18 heteroatoms. The van der Waals surface area contributed by atoms with Crippen LogP contribution in [0.4, 0.5) is 0 Å². The van der Waals surface area contributed by atoms with Gasteiger partial charge in [-0.3, -0.25) is 0 Å². The number of ether oxygens (including phenoxy) is 7. The Morgan fingerprint density at radius 2 is 1.20 bits per heavy atom. The molecule has 18 nitrogen and oxygen atoms in total. The molecule has 40 heavy (non-hydrogen) atoms. The Hall–Kier alpha value is -0.720. The Bertz CT molecular complexity index is 808. The second-order valence-electron chi connectivity index (χ2n) is 10.2. The molecule has 4 fully saturated rings. The minimum absolute atomic E-state index is 0.397. The highest BCUT2D eigenvalue weighted by Crippen LogP contribution is 2.32. The van der Waals surface area contributed by atoms with Crippen molar-refractivity contribution in [3.05, 3.63) is 0 Å². The maximum absolute atomic E-state index is 11.2. The van der Waals surface area contributed by atoms with E-state index in [0.717, 1.165) is 0 Å². The van der Waals surface area contributed by atoms with Crippen LogP contribution in [0.15, 0.2) is 0 Å². The zero-order chi connectivity index (χ0) is 29.5. The first-order valence-corrected chi connectivity index (χ1v) is 12.8. The lowest BCUT2D eigenvalue weighted by atomic mass is 9.98. The molecular weight excluding hydrogens is 552 g/mol. The van der Waals surface area contributed by atoms with Crippen LogP contribution in [0.25, 0.3) is 0 Å². The predicted octanol–water partition coefficient (Wildman–Crippen LogP) is -7.44. The second kappa shape index (κ2) is 13.3. The Labute approximate surface area is 227 Å². The van der Waals surface area contributed by atoms with Crippen molar-refractivity contribution in [3.63, 3.8) is 0 Å². The second-order valence-corrected chi connectivity index (χ2v) is 10.2. The van der Waals surface area contributed by atoms with E-state index < -0.39 is 130 Å². The molecule has 0 aromatic heterocycles. The summed E-state index contributed by atoms with van der Waals surface area (Å²) in [5.41, 5.74) is 0. The molecule has 4 rings (SSSR count). The van der Waals surface area contributed by atoms with Gasteiger partial charge in [0.15, 0.2) is 25.2 Å². The lowest BCUT2D eigenvalue weighted by Gasteiger charge is -2.47. The molecular formula is C22H38O18. The van der Waals surface area contributed by atoms with Crippen molar-refractivity contribution in [1.29, 1.82) is 0 Å². The van der Waals surface area contributed by atoms with Crippen molar-refractivity contribution < 1.29 is 89.3 Å². The SMILES string of the molecule is C[C@H]1O[C@@H](O[C@H]2[C@H](O[C@H]3[C@H](O)[C@@H](CO)OC(O)[C@@H]3O)OC[C@@H](O[C@@H]3OC[C@@H](O)[C@H](O)[C@H]3O)[C@@H]2O)[C@H](O)[C@@H](O)[C@@H]1O. The fraction of sp³-hybridized carbons (Fsp3) is 1.00. The smallest absolute Gasteiger partial charge is 0.187 e. The van der Waals surface area contributed by atoms with Crippen LogP contribution >= 0.6 is 0 Å². The van der Waals surface area contributed by atoms with Crippen molar-refractivity contribution in [3.8, 4) is 0 Å². The van der Waals surface area contributed by atoms with Gasteiger partial charge in [0.1, 0.15) is 79.4 Å². The highest BCUT2D eigenvalue weighted by Gasteiger charge is 2.53. The van der Waals surface area contributed by atoms with Gasteiger partial charge in [0.2, 0.25) is 0 Å². The number of aliphatic hydroxyl groups is 11. The van der Waals surface area contributed by atoms with Crippen LogP contribution in [0.3, 0.4) is 0 Å². The van der Waals surface area contributed by atoms with E-state index in [2.05, 4.69) is 0 Å². The lowest BCUT2D eigenvalue weighted by molar-refractivity contribution is -0.385. The highest BCUT2D eigenvalue weighted by molar-refractivity contribution is 4.95. The van der Waals surface area contributed by atoms with Gasteiger partial charge in [-0.2, -0.15) is 0 Å². The normalized spacial score (nSPS) is 54.3. The third-order valence-corrected chi connectivity index (χ3v) is 7.41. The Kier molecular flexibility index (Phi) is 10.7. The summed E-state index contributed by atoms with van der Waals surface area (Å²) in [6, 6.07) is 0. The summed E-state index contributed by atoms with van der Waals surface area (Å²) in [6.07, 6.45) is -28.8. The van der Waals surface area contributed by atoms with Crippen molar-refractivity contribution in [2.45, 2.75) is 118 Å². The van der Waals surface area contributed by atoms with Crippen molar-refractivity contribution in [2.24, 2.45) is 0 Å². The van der Waals surface area contributed by atoms with Gasteiger partial charge in [-0.15, -0.1) is 0 Å². The van der Waals surface area contributed by atoms with Crippen LogP contribution in [0, 0.1) is 0 Å². The van der Waals surface area contributed by atoms with Crippen LogP contribution in [0.5, 0.6) is 0 Å². The average Bonchev–Trinajstić information content (AvgIpc) is 2.93. The predicted molar refractivity (Wildman–Crippen MR) is 120 cm³/mol. The van der Waals surface area contributed by atoms with Crippen LogP contribution in [-0.2, 0) is 33.2 Å². The zero-order valence-corrected chi connectivity index (χ0v) is 21.3. The fourth-order valence-electron chi connectivity index (χ4n) is 4.87. The molecule has 0 amide bonds. The Balaban J connectivity index is 1.54. The first kappa shape index (κ1) is 32.2. The monoisotopic (exact) mass is 590 g/mol. The molecule has 11 N–H and O–H groups in total. The molecule has 18 atom stereocenters. The van der Waals surface area contributed by atoms with Crippen LogP contribution in [-0.4, -0.2) is 187 Å². The Morgan fingerprint density at radius 3 is 1.88 bits per heavy atom. The molecule has 4 heterocycles. The van der Waals surface area contributed by atoms with Gasteiger partial charge in [0.05, 0.1) is 25.9 Å². The van der Waals surface area contributed by atoms with E-state index in [-0.39, 0.29) is 0 Å². The first-order chi connectivity index (χ1) is 18.8. The minimum Gasteiger partial charge on any atom is -0.394 e. The van der Waals surface area contributed by atoms with Crippen molar-refractivity contribution in [1.82, 2.24) is 0 Å². The number of hydrogen-bond donors (Lipinski definition) is 11. The van der Waals surface area contributed by atoms with E-state index in [1.54, 1.807) is 0 Å². The molecule has 0 aromatic rings. The topological polar surface area (TPSA) is 287 Å². The molecule has 0 bridgehead atoms. The standard InChI is InChI=1S/C22H38O18/c1-5-9(25)13(29)15(31)21(36-5)40-18-12(28)8(38-20-14(30)10(26)6(24)3-34-20)4-35-22(18)39-17-11(27)7(2-23)37-19(33)16(17)32/h5-33H,2-4H2,1H3/t5-,6-,7-,8-,9-,10+,11-,12+,13+,14-,15-,16-,17+,18-,19?,20+,21+,22+/m1/s1. The maximum atomic E-state index is 11.2. The van der Waals surface area contributed by atoms with Gasteiger partial charge in [0, 0.05) is 0 Å². The van der Waals surface area contributed by atoms with E-state index in [0.29, 0.717) is 0 Å². The molecule has 4 aliphatic heterocycles. The van der Waals surface area contributed by atoms with Gasteiger partial charge >= 0.3 is 0 Å². The van der Waals surface area contributed by atoms with Crippen LogP contribution in [0.2, 0.25) is 0 Å². The van der Waals surface area contributed by atoms with Crippen LogP contribution < -0.4 is 0 Å². The molecule has 0 spiro atoms. The lowest BCUT2D eigenvalue weighted by Crippen LogP contribution is -2.65. The molecule has 0 aliphatic carbocycles. The molecule has 0 radical (unpaired) electrons. The third kappa shape index (κ3) is 6.44. The summed E-state index contributed by atoms with van der Waals surface area (Å²) in [5.74, 6) is 0. The van der Waals surface area contributed by atoms with E-state index in [1.807, 2.05) is 0 Å². The van der Waals surface area contributed by atoms with Gasteiger partial charge < -0.3 is 89.3 Å². The molecule has 1 unspecified atom stereocenters. The van der Waals surface area contributed by atoms with Gasteiger partial charge in [-0.25, -0.2) is 0 Å². The maximum Gasteiger partial charge on any atom is 0.187 e. The summed E-state index contributed by atoms with van der Waals surface area (Å²) in [5, 5.41) is 112.